The Morgan fingerprint density at radius 2 is 1.54 bits per heavy atom. The SMILES string of the molecule is CS(=O)(=O)N(CCCC(=O)NCCOc1ccc(Cl)cc1)c1ccc(OCc2ccccc2)cc1. The smallest absolute Gasteiger partial charge is 0.232 e. The van der Waals surface area contributed by atoms with Crippen molar-refractivity contribution in [3.63, 3.8) is 0 Å². The van der Waals surface area contributed by atoms with Gasteiger partial charge in [-0.3, -0.25) is 9.10 Å². The molecule has 35 heavy (non-hydrogen) atoms. The first-order chi connectivity index (χ1) is 16.8. The lowest BCUT2D eigenvalue weighted by Gasteiger charge is -2.22. The van der Waals surface area contributed by atoms with Crippen LogP contribution in [0.2, 0.25) is 5.02 Å². The van der Waals surface area contributed by atoms with E-state index in [2.05, 4.69) is 5.32 Å². The zero-order valence-corrected chi connectivity index (χ0v) is 21.1. The predicted molar refractivity (Wildman–Crippen MR) is 139 cm³/mol. The van der Waals surface area contributed by atoms with Gasteiger partial charge in [0.15, 0.2) is 0 Å². The van der Waals surface area contributed by atoms with Crippen molar-refractivity contribution < 1.29 is 22.7 Å². The van der Waals surface area contributed by atoms with E-state index in [0.717, 1.165) is 11.8 Å². The molecule has 1 amide bonds. The third-order valence-electron chi connectivity index (χ3n) is 5.05. The van der Waals surface area contributed by atoms with Crippen molar-refractivity contribution >= 4 is 33.2 Å². The molecule has 0 saturated carbocycles. The Labute approximate surface area is 211 Å². The van der Waals surface area contributed by atoms with Crippen molar-refractivity contribution in [1.82, 2.24) is 5.32 Å². The summed E-state index contributed by atoms with van der Waals surface area (Å²) in [6.45, 7) is 1.29. The van der Waals surface area contributed by atoms with Gasteiger partial charge in [-0.2, -0.15) is 0 Å². The minimum atomic E-state index is -3.51. The highest BCUT2D eigenvalue weighted by Gasteiger charge is 2.17. The Morgan fingerprint density at radius 1 is 0.914 bits per heavy atom. The van der Waals surface area contributed by atoms with Gasteiger partial charge in [-0.25, -0.2) is 8.42 Å². The Balaban J connectivity index is 1.43. The standard InChI is InChI=1S/C26H29ClN2O5S/c1-35(31,32)29(23-11-15-25(16-12-23)34-20-21-6-3-2-4-7-21)18-5-8-26(30)28-17-19-33-24-13-9-22(27)10-14-24/h2-4,6-7,9-16H,5,8,17-20H2,1H3,(H,28,30). The molecule has 0 radical (unpaired) electrons. The minimum absolute atomic E-state index is 0.164. The van der Waals surface area contributed by atoms with Gasteiger partial charge in [0.25, 0.3) is 0 Å². The molecule has 0 heterocycles. The normalized spacial score (nSPS) is 11.0. The maximum Gasteiger partial charge on any atom is 0.232 e. The highest BCUT2D eigenvalue weighted by molar-refractivity contribution is 7.92. The van der Waals surface area contributed by atoms with Gasteiger partial charge in [0.05, 0.1) is 18.5 Å². The second-order valence-corrected chi connectivity index (χ2v) is 10.2. The first-order valence-electron chi connectivity index (χ1n) is 11.2. The summed E-state index contributed by atoms with van der Waals surface area (Å²) < 4.78 is 37.3. The highest BCUT2D eigenvalue weighted by atomic mass is 35.5. The van der Waals surface area contributed by atoms with Crippen LogP contribution >= 0.6 is 11.6 Å². The monoisotopic (exact) mass is 516 g/mol. The van der Waals surface area contributed by atoms with Gasteiger partial charge in [0.1, 0.15) is 24.7 Å². The summed E-state index contributed by atoms with van der Waals surface area (Å²) in [7, 11) is -3.51. The van der Waals surface area contributed by atoms with Crippen LogP contribution in [0.5, 0.6) is 11.5 Å². The Bertz CT molecular complexity index is 1170. The van der Waals surface area contributed by atoms with Crippen LogP contribution in [-0.2, 0) is 21.4 Å². The zero-order chi connectivity index (χ0) is 25.1. The van der Waals surface area contributed by atoms with Crippen molar-refractivity contribution in [1.29, 1.82) is 0 Å². The van der Waals surface area contributed by atoms with E-state index in [4.69, 9.17) is 21.1 Å². The molecule has 186 valence electrons. The molecular weight excluding hydrogens is 488 g/mol. The van der Waals surface area contributed by atoms with Crippen LogP contribution in [0, 0.1) is 0 Å². The molecule has 0 aromatic heterocycles. The van der Waals surface area contributed by atoms with Gasteiger partial charge in [-0.05, 0) is 60.5 Å². The number of benzene rings is 3. The molecule has 0 bridgehead atoms. The van der Waals surface area contributed by atoms with E-state index in [9.17, 15) is 13.2 Å². The number of hydrogen-bond donors (Lipinski definition) is 1. The Morgan fingerprint density at radius 3 is 2.20 bits per heavy atom. The molecule has 0 saturated heterocycles. The van der Waals surface area contributed by atoms with Crippen LogP contribution in [-0.4, -0.2) is 40.3 Å². The molecule has 3 rings (SSSR count). The van der Waals surface area contributed by atoms with Crippen LogP contribution in [0.25, 0.3) is 0 Å². The fourth-order valence-corrected chi connectivity index (χ4v) is 4.39. The second-order valence-electron chi connectivity index (χ2n) is 7.86. The van der Waals surface area contributed by atoms with Gasteiger partial charge in [0.2, 0.25) is 15.9 Å². The average Bonchev–Trinajstić information content (AvgIpc) is 2.85. The fraction of sp³-hybridized carbons (Fsp3) is 0.269. The number of anilines is 1. The van der Waals surface area contributed by atoms with Crippen LogP contribution in [0.4, 0.5) is 5.69 Å². The maximum absolute atomic E-state index is 12.3. The number of ether oxygens (including phenoxy) is 2. The number of carbonyl (C=O) groups is 1. The van der Waals surface area contributed by atoms with E-state index < -0.39 is 10.0 Å². The number of nitrogens with zero attached hydrogens (tertiary/aromatic N) is 1. The Hall–Kier alpha value is -3.23. The summed E-state index contributed by atoms with van der Waals surface area (Å²) in [5.41, 5.74) is 1.57. The summed E-state index contributed by atoms with van der Waals surface area (Å²) in [4.78, 5) is 12.1. The molecule has 0 fully saturated rings. The molecule has 0 aliphatic carbocycles. The van der Waals surface area contributed by atoms with Crippen molar-refractivity contribution in [2.24, 2.45) is 0 Å². The Kier molecular flexibility index (Phi) is 9.81. The summed E-state index contributed by atoms with van der Waals surface area (Å²) in [6.07, 6.45) is 1.73. The van der Waals surface area contributed by atoms with Gasteiger partial charge >= 0.3 is 0 Å². The number of amides is 1. The van der Waals surface area contributed by atoms with Crippen LogP contribution in [0.3, 0.4) is 0 Å². The number of carbonyl (C=O) groups excluding carboxylic acids is 1. The minimum Gasteiger partial charge on any atom is -0.492 e. The number of sulfonamides is 1. The molecular formula is C26H29ClN2O5S. The summed E-state index contributed by atoms with van der Waals surface area (Å²) in [6, 6.07) is 23.6. The summed E-state index contributed by atoms with van der Waals surface area (Å²) >= 11 is 5.83. The lowest BCUT2D eigenvalue weighted by Crippen LogP contribution is -2.32. The number of nitrogens with one attached hydrogen (secondary N) is 1. The van der Waals surface area contributed by atoms with E-state index >= 15 is 0 Å². The van der Waals surface area contributed by atoms with Gasteiger partial charge in [0, 0.05) is 18.0 Å². The molecule has 9 heteroatoms. The van der Waals surface area contributed by atoms with E-state index in [0.29, 0.717) is 48.4 Å². The molecule has 0 spiro atoms. The molecule has 1 N–H and O–H groups in total. The maximum atomic E-state index is 12.3. The van der Waals surface area contributed by atoms with Gasteiger partial charge in [-0.15, -0.1) is 0 Å². The fourth-order valence-electron chi connectivity index (χ4n) is 3.30. The average molecular weight is 517 g/mol. The van der Waals surface area contributed by atoms with Crippen molar-refractivity contribution in [2.75, 3.05) is 30.3 Å². The van der Waals surface area contributed by atoms with E-state index in [-0.39, 0.29) is 18.9 Å². The first kappa shape index (κ1) is 26.4. The molecule has 7 nitrogen and oxygen atoms in total. The predicted octanol–water partition coefficient (Wildman–Crippen LogP) is 4.66. The molecule has 3 aromatic carbocycles. The topological polar surface area (TPSA) is 84.9 Å². The molecule has 0 atom stereocenters. The third kappa shape index (κ3) is 9.15. The largest absolute Gasteiger partial charge is 0.492 e. The molecule has 0 unspecified atom stereocenters. The lowest BCUT2D eigenvalue weighted by molar-refractivity contribution is -0.121. The van der Waals surface area contributed by atoms with Gasteiger partial charge < -0.3 is 14.8 Å². The van der Waals surface area contributed by atoms with Crippen molar-refractivity contribution in [3.05, 3.63) is 89.4 Å². The van der Waals surface area contributed by atoms with Crippen molar-refractivity contribution in [2.45, 2.75) is 19.4 Å². The quantitative estimate of drug-likeness (QED) is 0.334. The zero-order valence-electron chi connectivity index (χ0n) is 19.5. The summed E-state index contributed by atoms with van der Waals surface area (Å²) in [5.74, 6) is 1.15. The lowest BCUT2D eigenvalue weighted by atomic mass is 10.2. The first-order valence-corrected chi connectivity index (χ1v) is 13.4. The van der Waals surface area contributed by atoms with Crippen LogP contribution in [0.1, 0.15) is 18.4 Å². The van der Waals surface area contributed by atoms with Crippen molar-refractivity contribution in [3.8, 4) is 11.5 Å². The van der Waals surface area contributed by atoms with Crippen LogP contribution in [0.15, 0.2) is 78.9 Å². The van der Waals surface area contributed by atoms with Crippen LogP contribution < -0.4 is 19.1 Å². The molecule has 3 aromatic rings. The molecule has 0 aliphatic rings. The number of rotatable bonds is 13. The highest BCUT2D eigenvalue weighted by Crippen LogP contribution is 2.23. The number of hydrogen-bond acceptors (Lipinski definition) is 5. The van der Waals surface area contributed by atoms with E-state index in [1.54, 1.807) is 48.5 Å². The van der Waals surface area contributed by atoms with Gasteiger partial charge in [-0.1, -0.05) is 41.9 Å². The number of halogens is 1. The molecule has 0 aliphatic heterocycles. The summed E-state index contributed by atoms with van der Waals surface area (Å²) in [5, 5.41) is 3.40. The third-order valence-corrected chi connectivity index (χ3v) is 6.49. The van der Waals surface area contributed by atoms with E-state index in [1.165, 1.54) is 4.31 Å². The second kappa shape index (κ2) is 13.0. The van der Waals surface area contributed by atoms with E-state index in [1.807, 2.05) is 30.3 Å².